The van der Waals surface area contributed by atoms with Crippen LogP contribution in [0.2, 0.25) is 0 Å². The Bertz CT molecular complexity index is 737. The first-order valence-electron chi connectivity index (χ1n) is 9.50. The minimum absolute atomic E-state index is 0.0897. The van der Waals surface area contributed by atoms with Gasteiger partial charge in [0.2, 0.25) is 10.0 Å². The van der Waals surface area contributed by atoms with Crippen LogP contribution in [0.3, 0.4) is 0 Å². The molecule has 1 aromatic carbocycles. The maximum absolute atomic E-state index is 13.3. The Morgan fingerprint density at radius 1 is 1.00 bits per heavy atom. The van der Waals surface area contributed by atoms with Gasteiger partial charge in [0, 0.05) is 12.6 Å². The van der Waals surface area contributed by atoms with Crippen LogP contribution in [0.15, 0.2) is 41.3 Å². The summed E-state index contributed by atoms with van der Waals surface area (Å²) in [5, 5.41) is 0. The summed E-state index contributed by atoms with van der Waals surface area (Å²) >= 11 is 0. The number of fused-ring (bicyclic) bond motifs is 2. The topological polar surface area (TPSA) is 37.4 Å². The van der Waals surface area contributed by atoms with Crippen LogP contribution in [0.5, 0.6) is 0 Å². The zero-order chi connectivity index (χ0) is 17.4. The van der Waals surface area contributed by atoms with Crippen molar-refractivity contribution in [1.29, 1.82) is 0 Å². The summed E-state index contributed by atoms with van der Waals surface area (Å²) in [6.07, 6.45) is 12.1. The van der Waals surface area contributed by atoms with Gasteiger partial charge in [-0.05, 0) is 67.7 Å². The van der Waals surface area contributed by atoms with Gasteiger partial charge in [-0.3, -0.25) is 0 Å². The largest absolute Gasteiger partial charge is 0.243 e. The van der Waals surface area contributed by atoms with Crippen molar-refractivity contribution in [1.82, 2.24) is 4.31 Å². The summed E-state index contributed by atoms with van der Waals surface area (Å²) in [7, 11) is -3.58. The molecule has 2 fully saturated rings. The van der Waals surface area contributed by atoms with Crippen molar-refractivity contribution in [2.75, 3.05) is 6.54 Å². The summed E-state index contributed by atoms with van der Waals surface area (Å²) in [4.78, 5) is 0.221. The molecule has 3 aliphatic carbocycles. The molecule has 0 saturated heterocycles. The highest BCUT2D eigenvalue weighted by Crippen LogP contribution is 2.44. The molecule has 3 atom stereocenters. The van der Waals surface area contributed by atoms with E-state index in [-0.39, 0.29) is 10.9 Å². The van der Waals surface area contributed by atoms with E-state index in [2.05, 4.69) is 12.2 Å². The number of halogens is 1. The maximum atomic E-state index is 13.3. The molecule has 5 heteroatoms. The van der Waals surface area contributed by atoms with E-state index in [1.54, 1.807) is 4.31 Å². The van der Waals surface area contributed by atoms with Crippen molar-refractivity contribution in [3.05, 3.63) is 42.2 Å². The van der Waals surface area contributed by atoms with Crippen molar-refractivity contribution in [2.24, 2.45) is 17.8 Å². The van der Waals surface area contributed by atoms with Crippen LogP contribution in [0.1, 0.15) is 44.9 Å². The van der Waals surface area contributed by atoms with Gasteiger partial charge in [0.15, 0.2) is 0 Å². The van der Waals surface area contributed by atoms with Crippen molar-refractivity contribution >= 4 is 10.0 Å². The number of hydrogen-bond acceptors (Lipinski definition) is 2. The molecule has 2 bridgehead atoms. The first kappa shape index (κ1) is 17.2. The van der Waals surface area contributed by atoms with Crippen LogP contribution in [-0.4, -0.2) is 25.3 Å². The second-order valence-electron chi connectivity index (χ2n) is 7.86. The zero-order valence-electron chi connectivity index (χ0n) is 14.5. The van der Waals surface area contributed by atoms with Crippen LogP contribution < -0.4 is 0 Å². The second-order valence-corrected chi connectivity index (χ2v) is 9.75. The van der Waals surface area contributed by atoms with Crippen LogP contribution in [-0.2, 0) is 10.0 Å². The Morgan fingerprint density at radius 2 is 1.72 bits per heavy atom. The molecule has 0 N–H and O–H groups in total. The molecule has 3 unspecified atom stereocenters. The molecule has 25 heavy (non-hydrogen) atoms. The van der Waals surface area contributed by atoms with Crippen LogP contribution in [0, 0.1) is 23.6 Å². The molecular weight excluding hydrogens is 337 g/mol. The molecular formula is C20H26FNO2S. The summed E-state index contributed by atoms with van der Waals surface area (Å²) in [5.41, 5.74) is 0. The molecule has 3 nitrogen and oxygen atoms in total. The summed E-state index contributed by atoms with van der Waals surface area (Å²) in [5.74, 6) is 1.18. The standard InChI is InChI=1S/C20H26FNO2S/c21-18-8-10-20(11-9-18)25(23,24)22(19-4-2-1-3-5-19)14-17-13-15-6-7-16(17)12-15/h6-11,15-17,19H,1-5,12-14H2. The number of hydrogen-bond donors (Lipinski definition) is 0. The highest BCUT2D eigenvalue weighted by molar-refractivity contribution is 7.89. The molecule has 0 radical (unpaired) electrons. The van der Waals surface area contributed by atoms with Gasteiger partial charge in [0.25, 0.3) is 0 Å². The van der Waals surface area contributed by atoms with Gasteiger partial charge in [-0.15, -0.1) is 0 Å². The number of benzene rings is 1. The van der Waals surface area contributed by atoms with Crippen LogP contribution in [0.25, 0.3) is 0 Å². The number of allylic oxidation sites excluding steroid dienone is 2. The van der Waals surface area contributed by atoms with E-state index < -0.39 is 15.8 Å². The van der Waals surface area contributed by atoms with Crippen molar-refractivity contribution in [3.63, 3.8) is 0 Å². The molecule has 1 aromatic rings. The van der Waals surface area contributed by atoms with Crippen LogP contribution in [0.4, 0.5) is 4.39 Å². The first-order chi connectivity index (χ1) is 12.0. The average Bonchev–Trinajstić information content (AvgIpc) is 3.23. The lowest BCUT2D eigenvalue weighted by Crippen LogP contribution is -2.44. The average molecular weight is 363 g/mol. The summed E-state index contributed by atoms with van der Waals surface area (Å²) in [6.45, 7) is 0.607. The number of sulfonamides is 1. The van der Waals surface area contributed by atoms with E-state index in [0.717, 1.165) is 32.1 Å². The van der Waals surface area contributed by atoms with Gasteiger partial charge < -0.3 is 0 Å². The van der Waals surface area contributed by atoms with E-state index in [9.17, 15) is 12.8 Å². The van der Waals surface area contributed by atoms with E-state index in [4.69, 9.17) is 0 Å². The fourth-order valence-corrected chi connectivity index (χ4v) is 6.63. The summed E-state index contributed by atoms with van der Waals surface area (Å²) < 4.78 is 41.7. The Kier molecular flexibility index (Phi) is 4.71. The SMILES string of the molecule is O=S(=O)(c1ccc(F)cc1)N(CC1CC2C=CC1C2)C1CCCCC1. The number of nitrogens with zero attached hydrogens (tertiary/aromatic N) is 1. The van der Waals surface area contributed by atoms with Gasteiger partial charge in [-0.25, -0.2) is 12.8 Å². The fraction of sp³-hybridized carbons (Fsp3) is 0.600. The molecule has 2 saturated carbocycles. The van der Waals surface area contributed by atoms with Crippen molar-refractivity contribution in [3.8, 4) is 0 Å². The Morgan fingerprint density at radius 3 is 2.32 bits per heavy atom. The highest BCUT2D eigenvalue weighted by atomic mass is 32.2. The zero-order valence-corrected chi connectivity index (χ0v) is 15.3. The van der Waals surface area contributed by atoms with E-state index in [0.29, 0.717) is 24.3 Å². The maximum Gasteiger partial charge on any atom is 0.243 e. The molecule has 0 aliphatic heterocycles. The van der Waals surface area contributed by atoms with Gasteiger partial charge in [0.05, 0.1) is 4.90 Å². The predicted molar refractivity (Wildman–Crippen MR) is 96.0 cm³/mol. The van der Waals surface area contributed by atoms with E-state index >= 15 is 0 Å². The van der Waals surface area contributed by atoms with Gasteiger partial charge in [0.1, 0.15) is 5.82 Å². The molecule has 0 heterocycles. The minimum Gasteiger partial charge on any atom is -0.207 e. The fourth-order valence-electron chi connectivity index (χ4n) is 4.89. The van der Waals surface area contributed by atoms with Crippen molar-refractivity contribution in [2.45, 2.75) is 55.9 Å². The molecule has 0 spiro atoms. The van der Waals surface area contributed by atoms with Gasteiger partial charge in [-0.2, -0.15) is 4.31 Å². The van der Waals surface area contributed by atoms with Crippen LogP contribution >= 0.6 is 0 Å². The lowest BCUT2D eigenvalue weighted by Gasteiger charge is -2.36. The molecule has 3 aliphatic rings. The van der Waals surface area contributed by atoms with Gasteiger partial charge in [-0.1, -0.05) is 31.4 Å². The Labute approximate surface area is 150 Å². The van der Waals surface area contributed by atoms with E-state index in [1.807, 2.05) is 0 Å². The second kappa shape index (κ2) is 6.84. The third-order valence-corrected chi connectivity index (χ3v) is 8.17. The highest BCUT2D eigenvalue weighted by Gasteiger charge is 2.41. The summed E-state index contributed by atoms with van der Waals surface area (Å²) in [6, 6.07) is 5.38. The lowest BCUT2D eigenvalue weighted by molar-refractivity contribution is 0.214. The monoisotopic (exact) mass is 363 g/mol. The third-order valence-electron chi connectivity index (χ3n) is 6.23. The van der Waals surface area contributed by atoms with E-state index in [1.165, 1.54) is 37.1 Å². The van der Waals surface area contributed by atoms with Crippen molar-refractivity contribution < 1.29 is 12.8 Å². The number of rotatable bonds is 5. The Balaban J connectivity index is 1.62. The lowest BCUT2D eigenvalue weighted by atomic mass is 9.91. The third kappa shape index (κ3) is 3.41. The minimum atomic E-state index is -3.58. The molecule has 0 aromatic heterocycles. The molecule has 4 rings (SSSR count). The smallest absolute Gasteiger partial charge is 0.207 e. The first-order valence-corrected chi connectivity index (χ1v) is 10.9. The normalized spacial score (nSPS) is 29.6. The Hall–Kier alpha value is -1.20. The molecule has 136 valence electrons. The molecule has 0 amide bonds. The quantitative estimate of drug-likeness (QED) is 0.729. The predicted octanol–water partition coefficient (Wildman–Crippen LogP) is 4.36. The van der Waals surface area contributed by atoms with Gasteiger partial charge >= 0.3 is 0 Å².